The number of carbonyl (C=O) groups excluding carboxylic acids is 1. The van der Waals surface area contributed by atoms with Gasteiger partial charge in [-0.2, -0.15) is 0 Å². The molecular weight excluding hydrogens is 478 g/mol. The van der Waals surface area contributed by atoms with E-state index in [4.69, 9.17) is 11.6 Å². The van der Waals surface area contributed by atoms with Gasteiger partial charge in [-0.3, -0.25) is 14.5 Å². The largest absolute Gasteiger partial charge is 0.368 e. The number of hydrogen-bond donors (Lipinski definition) is 2. The molecule has 2 aromatic heterocycles. The zero-order valence-electron chi connectivity index (χ0n) is 19.2. The number of nitrogens with one attached hydrogen (secondary N) is 2. The number of piperazine rings is 1. The Morgan fingerprint density at radius 1 is 1.23 bits per heavy atom. The highest BCUT2D eigenvalue weighted by atomic mass is 35.5. The monoisotopic (exact) mass is 502 g/mol. The van der Waals surface area contributed by atoms with Crippen molar-refractivity contribution in [1.82, 2.24) is 25.2 Å². The smallest absolute Gasteiger partial charge is 0.273 e. The van der Waals surface area contributed by atoms with E-state index in [1.165, 1.54) is 12.3 Å². The Morgan fingerprint density at radius 2 is 1.97 bits per heavy atom. The van der Waals surface area contributed by atoms with E-state index in [-0.39, 0.29) is 33.5 Å². The molecule has 0 unspecified atom stereocenters. The van der Waals surface area contributed by atoms with Crippen molar-refractivity contribution in [2.24, 2.45) is 0 Å². The molecule has 2 fully saturated rings. The normalized spacial score (nSPS) is 17.0. The van der Waals surface area contributed by atoms with E-state index in [2.05, 4.69) is 25.2 Å². The van der Waals surface area contributed by atoms with Gasteiger partial charge in [0.1, 0.15) is 16.7 Å². The highest BCUT2D eigenvalue weighted by Crippen LogP contribution is 2.27. The van der Waals surface area contributed by atoms with Gasteiger partial charge in [0.15, 0.2) is 17.3 Å². The quantitative estimate of drug-likeness (QED) is 0.556. The maximum atomic E-state index is 15.1. The topological polar surface area (TPSA) is 94.2 Å². The molecule has 184 valence electrons. The van der Waals surface area contributed by atoms with Crippen molar-refractivity contribution < 1.29 is 13.6 Å². The molecule has 1 aliphatic carbocycles. The third-order valence-electron chi connectivity index (χ3n) is 6.73. The number of aryl methyl sites for hydroxylation is 1. The molecular formula is C24H25ClF2N6O2. The van der Waals surface area contributed by atoms with Crippen molar-refractivity contribution in [3.8, 4) is 0 Å². The second kappa shape index (κ2) is 9.50. The van der Waals surface area contributed by atoms with Crippen LogP contribution in [0.25, 0.3) is 11.0 Å². The van der Waals surface area contributed by atoms with Gasteiger partial charge in [0.2, 0.25) is 0 Å². The van der Waals surface area contributed by atoms with Gasteiger partial charge in [0, 0.05) is 50.4 Å². The maximum Gasteiger partial charge on any atom is 0.273 e. The molecule has 2 aliphatic rings. The van der Waals surface area contributed by atoms with Crippen LogP contribution >= 0.6 is 11.6 Å². The first kappa shape index (κ1) is 23.6. The molecule has 1 saturated heterocycles. The molecule has 0 spiro atoms. The minimum Gasteiger partial charge on any atom is -0.368 e. The van der Waals surface area contributed by atoms with Gasteiger partial charge >= 0.3 is 0 Å². The summed E-state index contributed by atoms with van der Waals surface area (Å²) < 4.78 is 29.7. The molecule has 3 heterocycles. The van der Waals surface area contributed by atoms with Crippen LogP contribution in [0.2, 0.25) is 5.02 Å². The number of halogens is 3. The highest BCUT2D eigenvalue weighted by molar-refractivity contribution is 6.35. The first-order valence-electron chi connectivity index (χ1n) is 11.6. The summed E-state index contributed by atoms with van der Waals surface area (Å²) in [6, 6.07) is 2.99. The fourth-order valence-electron chi connectivity index (χ4n) is 4.41. The molecule has 1 saturated carbocycles. The predicted molar refractivity (Wildman–Crippen MR) is 129 cm³/mol. The van der Waals surface area contributed by atoms with E-state index < -0.39 is 23.1 Å². The van der Waals surface area contributed by atoms with Gasteiger partial charge in [-0.05, 0) is 32.3 Å². The Bertz CT molecular complexity index is 1350. The summed E-state index contributed by atoms with van der Waals surface area (Å²) in [5.41, 5.74) is 0.781. The summed E-state index contributed by atoms with van der Waals surface area (Å²) in [6.07, 6.45) is 4.42. The first-order valence-corrected chi connectivity index (χ1v) is 12.0. The van der Waals surface area contributed by atoms with Crippen molar-refractivity contribution in [2.75, 3.05) is 31.1 Å². The van der Waals surface area contributed by atoms with Gasteiger partial charge in [-0.1, -0.05) is 11.6 Å². The van der Waals surface area contributed by atoms with Crippen LogP contribution in [0.15, 0.2) is 23.1 Å². The lowest BCUT2D eigenvalue weighted by molar-refractivity contribution is 0.0907. The number of nitrogens with zero attached hydrogens (tertiary/aromatic N) is 4. The highest BCUT2D eigenvalue weighted by Gasteiger charge is 2.25. The van der Waals surface area contributed by atoms with Gasteiger partial charge in [0.05, 0.1) is 16.9 Å². The average Bonchev–Trinajstić information content (AvgIpc) is 2.81. The zero-order valence-corrected chi connectivity index (χ0v) is 20.0. The third kappa shape index (κ3) is 4.72. The van der Waals surface area contributed by atoms with Crippen molar-refractivity contribution in [3.05, 3.63) is 62.3 Å². The molecule has 0 atom stereocenters. The second-order valence-electron chi connectivity index (χ2n) is 9.09. The number of rotatable bonds is 5. The van der Waals surface area contributed by atoms with Crippen LogP contribution in [0.3, 0.4) is 0 Å². The Balaban J connectivity index is 1.24. The van der Waals surface area contributed by atoms with E-state index in [0.717, 1.165) is 19.3 Å². The van der Waals surface area contributed by atoms with E-state index in [1.807, 2.05) is 4.90 Å². The molecule has 35 heavy (non-hydrogen) atoms. The number of H-pyrrole nitrogens is 1. The number of fused-ring (bicyclic) bond motifs is 1. The molecule has 0 radical (unpaired) electrons. The van der Waals surface area contributed by atoms with Crippen LogP contribution in [0, 0.1) is 18.6 Å². The fourth-order valence-corrected chi connectivity index (χ4v) is 4.68. The number of aromatic nitrogens is 3. The van der Waals surface area contributed by atoms with E-state index in [1.54, 1.807) is 13.0 Å². The van der Waals surface area contributed by atoms with E-state index in [0.29, 0.717) is 44.0 Å². The van der Waals surface area contributed by atoms with E-state index >= 15 is 4.39 Å². The van der Waals surface area contributed by atoms with Crippen molar-refractivity contribution in [2.45, 2.75) is 38.8 Å². The average molecular weight is 503 g/mol. The van der Waals surface area contributed by atoms with Crippen LogP contribution in [0.5, 0.6) is 0 Å². The number of benzene rings is 1. The molecule has 1 amide bonds. The Morgan fingerprint density at radius 3 is 2.63 bits per heavy atom. The number of pyridine rings is 1. The number of amides is 1. The van der Waals surface area contributed by atoms with Gasteiger partial charge in [0.25, 0.3) is 11.5 Å². The Kier molecular flexibility index (Phi) is 6.41. The predicted octanol–water partition coefficient (Wildman–Crippen LogP) is 3.16. The third-order valence-corrected chi connectivity index (χ3v) is 7.01. The molecule has 11 heteroatoms. The van der Waals surface area contributed by atoms with Crippen LogP contribution in [-0.2, 0) is 6.54 Å². The molecule has 8 nitrogen and oxygen atoms in total. The van der Waals surface area contributed by atoms with Gasteiger partial charge in [-0.15, -0.1) is 0 Å². The summed E-state index contributed by atoms with van der Waals surface area (Å²) in [4.78, 5) is 38.9. The standard InChI is InChI=1S/C24H25ClF2N6O2/c1-13-23(34)31-22-19(27)14(9-17(25)20(22)29-13)12-32-5-7-33(8-6-32)16-10-18(26)21(28-11-16)24(35)30-15-3-2-4-15/h9-11,15H,2-8,12H2,1H3,(H,30,35)(H,31,34). The van der Waals surface area contributed by atoms with Gasteiger partial charge in [-0.25, -0.2) is 18.7 Å². The summed E-state index contributed by atoms with van der Waals surface area (Å²) in [5, 5.41) is 3.08. The number of aromatic amines is 1. The van der Waals surface area contributed by atoms with Crippen molar-refractivity contribution in [3.63, 3.8) is 0 Å². The second-order valence-corrected chi connectivity index (χ2v) is 9.50. The Hall–Kier alpha value is -3.11. The lowest BCUT2D eigenvalue weighted by Crippen LogP contribution is -2.46. The van der Waals surface area contributed by atoms with Crippen LogP contribution < -0.4 is 15.8 Å². The van der Waals surface area contributed by atoms with Crippen LogP contribution in [-0.4, -0.2) is 58.0 Å². The zero-order chi connectivity index (χ0) is 24.7. The lowest BCUT2D eigenvalue weighted by atomic mass is 9.93. The Labute approximate surface area is 205 Å². The minimum atomic E-state index is -0.646. The summed E-state index contributed by atoms with van der Waals surface area (Å²) in [6.45, 7) is 4.20. The molecule has 5 rings (SSSR count). The number of anilines is 1. The van der Waals surface area contributed by atoms with Gasteiger partial charge < -0.3 is 15.2 Å². The van der Waals surface area contributed by atoms with E-state index in [9.17, 15) is 14.0 Å². The summed E-state index contributed by atoms with van der Waals surface area (Å²) in [5.74, 6) is -1.67. The lowest BCUT2D eigenvalue weighted by Gasteiger charge is -2.36. The molecule has 2 N–H and O–H groups in total. The molecule has 1 aromatic carbocycles. The molecule has 3 aromatic rings. The minimum absolute atomic E-state index is 0.00437. The van der Waals surface area contributed by atoms with Crippen molar-refractivity contribution >= 4 is 34.2 Å². The molecule has 1 aliphatic heterocycles. The fraction of sp³-hybridized carbons (Fsp3) is 0.417. The number of hydrogen-bond acceptors (Lipinski definition) is 6. The molecule has 0 bridgehead atoms. The van der Waals surface area contributed by atoms with Crippen LogP contribution in [0.1, 0.15) is 41.0 Å². The maximum absolute atomic E-state index is 15.1. The van der Waals surface area contributed by atoms with Crippen molar-refractivity contribution in [1.29, 1.82) is 0 Å². The SMILES string of the molecule is Cc1nc2c(Cl)cc(CN3CCN(c4cnc(C(=O)NC5CCC5)c(F)c4)CC3)c(F)c2[nH]c1=O. The number of carbonyl (C=O) groups is 1. The first-order chi connectivity index (χ1) is 16.8. The van der Waals surface area contributed by atoms with Crippen LogP contribution in [0.4, 0.5) is 14.5 Å². The summed E-state index contributed by atoms with van der Waals surface area (Å²) >= 11 is 6.32. The summed E-state index contributed by atoms with van der Waals surface area (Å²) in [7, 11) is 0.